The van der Waals surface area contributed by atoms with E-state index in [1.54, 1.807) is 38.5 Å². The van der Waals surface area contributed by atoms with E-state index < -0.39 is 12.0 Å². The van der Waals surface area contributed by atoms with E-state index in [2.05, 4.69) is 11.6 Å². The topological polar surface area (TPSA) is 97.6 Å². The smallest absolute Gasteiger partial charge is 0.337 e. The van der Waals surface area contributed by atoms with Crippen LogP contribution in [0.25, 0.3) is 6.08 Å². The number of esters is 1. The molecule has 210 valence electrons. The van der Waals surface area contributed by atoms with Gasteiger partial charge in [0.05, 0.1) is 50.7 Å². The first-order valence-electron chi connectivity index (χ1n) is 12.7. The monoisotopic (exact) mass is 564 g/mol. The average Bonchev–Trinajstić information content (AvgIpc) is 3.27. The Labute approximate surface area is 236 Å². The van der Waals surface area contributed by atoms with Gasteiger partial charge in [0.25, 0.3) is 5.56 Å². The lowest BCUT2D eigenvalue weighted by Crippen LogP contribution is -2.39. The molecule has 0 radical (unpaired) electrons. The van der Waals surface area contributed by atoms with Crippen molar-refractivity contribution in [1.29, 1.82) is 0 Å². The molecule has 4 rings (SSSR count). The van der Waals surface area contributed by atoms with E-state index >= 15 is 0 Å². The van der Waals surface area contributed by atoms with E-state index in [1.807, 2.05) is 32.0 Å². The zero-order valence-corrected chi connectivity index (χ0v) is 24.0. The number of hydrogen-bond acceptors (Lipinski definition) is 9. The molecule has 3 aromatic rings. The molecule has 0 N–H and O–H groups in total. The first-order valence-corrected chi connectivity index (χ1v) is 13.6. The second-order valence-corrected chi connectivity index (χ2v) is 9.67. The second-order valence-electron chi connectivity index (χ2n) is 8.66. The molecule has 0 saturated carbocycles. The third kappa shape index (κ3) is 5.53. The Kier molecular flexibility index (Phi) is 9.11. The van der Waals surface area contributed by atoms with Gasteiger partial charge in [-0.1, -0.05) is 23.5 Å². The largest absolute Gasteiger partial charge is 0.493 e. The predicted molar refractivity (Wildman–Crippen MR) is 153 cm³/mol. The fourth-order valence-electron chi connectivity index (χ4n) is 4.60. The molecule has 0 bridgehead atoms. The van der Waals surface area contributed by atoms with E-state index in [0.29, 0.717) is 57.5 Å². The normalized spacial score (nSPS) is 14.5. The Morgan fingerprint density at radius 1 is 1.05 bits per heavy atom. The van der Waals surface area contributed by atoms with E-state index in [0.717, 1.165) is 11.1 Å². The minimum Gasteiger partial charge on any atom is -0.493 e. The number of carbonyl (C=O) groups is 1. The summed E-state index contributed by atoms with van der Waals surface area (Å²) in [5.74, 6) is 1.68. The fourth-order valence-corrected chi connectivity index (χ4v) is 5.57. The maximum atomic E-state index is 13.9. The summed E-state index contributed by atoms with van der Waals surface area (Å²) in [6, 6.07) is 8.34. The van der Waals surface area contributed by atoms with Crippen LogP contribution in [-0.4, -0.2) is 45.1 Å². The first kappa shape index (κ1) is 28.7. The summed E-state index contributed by atoms with van der Waals surface area (Å²) in [7, 11) is 4.45. The SMILES string of the molecule is C=CCc1cc(/C=c2\sc3n(c2=O)[C@@H](c2ccc(OCC)c(OCC)c2)C(C(=O)OC)=CN=3)cc(OC)c1OC. The van der Waals surface area contributed by atoms with Gasteiger partial charge in [-0.2, -0.15) is 0 Å². The van der Waals surface area contributed by atoms with Crippen LogP contribution in [0, 0.1) is 0 Å². The lowest BCUT2D eigenvalue weighted by Gasteiger charge is -2.23. The highest BCUT2D eigenvalue weighted by molar-refractivity contribution is 7.07. The summed E-state index contributed by atoms with van der Waals surface area (Å²) >= 11 is 1.23. The van der Waals surface area contributed by atoms with Gasteiger partial charge in [0.1, 0.15) is 0 Å². The Hall–Kier alpha value is -4.31. The molecule has 40 heavy (non-hydrogen) atoms. The van der Waals surface area contributed by atoms with Gasteiger partial charge >= 0.3 is 5.97 Å². The molecule has 0 amide bonds. The van der Waals surface area contributed by atoms with Crippen molar-refractivity contribution in [2.75, 3.05) is 34.5 Å². The van der Waals surface area contributed by atoms with E-state index in [4.69, 9.17) is 23.7 Å². The summed E-state index contributed by atoms with van der Waals surface area (Å²) < 4.78 is 29.6. The summed E-state index contributed by atoms with van der Waals surface area (Å²) in [4.78, 5) is 31.6. The van der Waals surface area contributed by atoms with Crippen LogP contribution in [0.4, 0.5) is 0 Å². The number of fused-ring (bicyclic) bond motifs is 1. The summed E-state index contributed by atoms with van der Waals surface area (Å²) in [6.45, 7) is 8.48. The number of rotatable bonds is 11. The first-order chi connectivity index (χ1) is 19.4. The van der Waals surface area contributed by atoms with Gasteiger partial charge in [-0.3, -0.25) is 9.36 Å². The van der Waals surface area contributed by atoms with Gasteiger partial charge in [0, 0.05) is 11.8 Å². The van der Waals surface area contributed by atoms with Crippen molar-refractivity contribution in [1.82, 2.24) is 4.57 Å². The van der Waals surface area contributed by atoms with Crippen molar-refractivity contribution in [3.8, 4) is 23.0 Å². The number of hydrogen-bond donors (Lipinski definition) is 0. The molecular weight excluding hydrogens is 532 g/mol. The lowest BCUT2D eigenvalue weighted by atomic mass is 9.97. The van der Waals surface area contributed by atoms with Crippen LogP contribution in [0.3, 0.4) is 0 Å². The minimum absolute atomic E-state index is 0.229. The van der Waals surface area contributed by atoms with Crippen LogP contribution in [0.15, 0.2) is 64.5 Å². The van der Waals surface area contributed by atoms with Crippen LogP contribution in [0.5, 0.6) is 23.0 Å². The van der Waals surface area contributed by atoms with Crippen molar-refractivity contribution in [2.45, 2.75) is 26.3 Å². The third-order valence-electron chi connectivity index (χ3n) is 6.25. The molecule has 2 heterocycles. The van der Waals surface area contributed by atoms with Gasteiger partial charge in [-0.25, -0.2) is 9.79 Å². The molecule has 1 aromatic heterocycles. The van der Waals surface area contributed by atoms with Gasteiger partial charge in [-0.15, -0.1) is 6.58 Å². The molecule has 1 aliphatic heterocycles. The highest BCUT2D eigenvalue weighted by Gasteiger charge is 2.31. The standard InChI is InChI=1S/C30H32N2O7S/c1-7-10-20-13-18(14-24(35-4)27(20)36-5)15-25-28(33)32-26(21(29(34)37-6)17-31-30(32)40-25)19-11-12-22(38-8-2)23(16-19)39-9-3/h7,11-17,26H,1,8-10H2,2-6H3/b25-15-/t26-/m0/s1. The Bertz CT molecular complexity index is 1630. The van der Waals surface area contributed by atoms with E-state index in [-0.39, 0.29) is 11.1 Å². The van der Waals surface area contributed by atoms with Crippen molar-refractivity contribution >= 4 is 23.4 Å². The number of ether oxygens (including phenoxy) is 5. The molecule has 0 spiro atoms. The third-order valence-corrected chi connectivity index (χ3v) is 7.25. The number of carbonyl (C=O) groups excluding carboxylic acids is 1. The average molecular weight is 565 g/mol. The van der Waals surface area contributed by atoms with E-state index in [1.165, 1.54) is 29.2 Å². The molecule has 2 aromatic carbocycles. The number of benzene rings is 2. The van der Waals surface area contributed by atoms with Gasteiger partial charge in [-0.05, 0) is 61.7 Å². The summed E-state index contributed by atoms with van der Waals surface area (Å²) in [5, 5.41) is 0. The van der Waals surface area contributed by atoms with Crippen LogP contribution in [0.2, 0.25) is 0 Å². The molecule has 1 aliphatic rings. The van der Waals surface area contributed by atoms with Crippen molar-refractivity contribution in [3.05, 3.63) is 91.1 Å². The quantitative estimate of drug-likeness (QED) is 0.260. The summed E-state index contributed by atoms with van der Waals surface area (Å²) in [6.07, 6.45) is 5.57. The number of methoxy groups -OCH3 is 3. The molecule has 9 nitrogen and oxygen atoms in total. The maximum absolute atomic E-state index is 13.9. The van der Waals surface area contributed by atoms with Gasteiger partial charge in [0.2, 0.25) is 0 Å². The van der Waals surface area contributed by atoms with Crippen molar-refractivity contribution in [3.63, 3.8) is 0 Å². The van der Waals surface area contributed by atoms with Gasteiger partial charge < -0.3 is 23.7 Å². The maximum Gasteiger partial charge on any atom is 0.337 e. The van der Waals surface area contributed by atoms with Crippen molar-refractivity contribution in [2.24, 2.45) is 4.99 Å². The van der Waals surface area contributed by atoms with Crippen LogP contribution < -0.4 is 33.8 Å². The highest BCUT2D eigenvalue weighted by atomic mass is 32.1. The zero-order chi connectivity index (χ0) is 28.8. The Morgan fingerprint density at radius 3 is 2.45 bits per heavy atom. The Balaban J connectivity index is 1.91. The Morgan fingerprint density at radius 2 is 1.80 bits per heavy atom. The van der Waals surface area contributed by atoms with Gasteiger partial charge in [0.15, 0.2) is 27.8 Å². The highest BCUT2D eigenvalue weighted by Crippen LogP contribution is 2.35. The number of aromatic nitrogens is 1. The number of allylic oxidation sites excluding steroid dienone is 1. The minimum atomic E-state index is -0.775. The zero-order valence-electron chi connectivity index (χ0n) is 23.2. The summed E-state index contributed by atoms with van der Waals surface area (Å²) in [5.41, 5.74) is 2.22. The molecule has 0 saturated heterocycles. The molecule has 0 unspecified atom stereocenters. The molecule has 0 fully saturated rings. The van der Waals surface area contributed by atoms with Crippen molar-refractivity contribution < 1.29 is 28.5 Å². The number of thiazole rings is 1. The molecule has 0 aliphatic carbocycles. The van der Waals surface area contributed by atoms with Crippen LogP contribution in [-0.2, 0) is 16.0 Å². The lowest BCUT2D eigenvalue weighted by molar-refractivity contribution is -0.136. The number of nitrogens with zero attached hydrogens (tertiary/aromatic N) is 2. The fraction of sp³-hybridized carbons (Fsp3) is 0.300. The van der Waals surface area contributed by atoms with Crippen LogP contribution in [0.1, 0.15) is 36.6 Å². The molecule has 1 atom stereocenters. The second kappa shape index (κ2) is 12.7. The molecule has 10 heteroatoms. The predicted octanol–water partition coefficient (Wildman–Crippen LogP) is 3.56. The van der Waals surface area contributed by atoms with Crippen LogP contribution >= 0.6 is 11.3 Å². The molecular formula is C30H32N2O7S. The van der Waals surface area contributed by atoms with E-state index in [9.17, 15) is 9.59 Å².